The summed E-state index contributed by atoms with van der Waals surface area (Å²) in [7, 11) is -4.26. The lowest BCUT2D eigenvalue weighted by Gasteiger charge is -2.32. The molecular weight excluding hydrogens is 592 g/mol. The van der Waals surface area contributed by atoms with Crippen LogP contribution in [0, 0.1) is 0 Å². The number of rotatable bonds is 10. The maximum Gasteiger partial charge on any atom is 0.264 e. The van der Waals surface area contributed by atoms with Crippen LogP contribution in [0.2, 0.25) is 20.1 Å². The van der Waals surface area contributed by atoms with Gasteiger partial charge in [0.25, 0.3) is 10.0 Å². The van der Waals surface area contributed by atoms with Crippen molar-refractivity contribution >= 4 is 73.9 Å². The summed E-state index contributed by atoms with van der Waals surface area (Å²) in [4.78, 5) is 27.8. The molecule has 0 aliphatic carbocycles. The molecule has 38 heavy (non-hydrogen) atoms. The van der Waals surface area contributed by atoms with Crippen molar-refractivity contribution in [1.82, 2.24) is 10.2 Å². The van der Waals surface area contributed by atoms with Gasteiger partial charge in [0.2, 0.25) is 11.8 Å². The van der Waals surface area contributed by atoms with Gasteiger partial charge in [0.1, 0.15) is 12.6 Å². The lowest BCUT2D eigenvalue weighted by molar-refractivity contribution is -0.139. The van der Waals surface area contributed by atoms with Gasteiger partial charge in [-0.3, -0.25) is 13.9 Å². The second-order valence-corrected chi connectivity index (χ2v) is 11.8. The largest absolute Gasteiger partial charge is 0.355 e. The van der Waals surface area contributed by atoms with Crippen LogP contribution in [0.3, 0.4) is 0 Å². The predicted molar refractivity (Wildman–Crippen MR) is 153 cm³/mol. The maximum atomic E-state index is 13.8. The molecule has 0 heterocycles. The zero-order chi connectivity index (χ0) is 28.0. The van der Waals surface area contributed by atoms with Crippen molar-refractivity contribution < 1.29 is 18.0 Å². The number of nitrogens with zero attached hydrogens (tertiary/aromatic N) is 2. The van der Waals surface area contributed by atoms with Gasteiger partial charge in [-0.1, -0.05) is 70.7 Å². The third kappa shape index (κ3) is 7.12. The van der Waals surface area contributed by atoms with Gasteiger partial charge in [-0.25, -0.2) is 8.42 Å². The summed E-state index contributed by atoms with van der Waals surface area (Å²) < 4.78 is 28.4. The van der Waals surface area contributed by atoms with Crippen molar-refractivity contribution in [3.8, 4) is 0 Å². The smallest absolute Gasteiger partial charge is 0.264 e. The van der Waals surface area contributed by atoms with Crippen molar-refractivity contribution in [2.75, 3.05) is 17.4 Å². The van der Waals surface area contributed by atoms with Crippen LogP contribution in [0.25, 0.3) is 0 Å². The fourth-order valence-electron chi connectivity index (χ4n) is 3.65. The summed E-state index contributed by atoms with van der Waals surface area (Å²) in [5, 5.41) is 3.62. The lowest BCUT2D eigenvalue weighted by Crippen LogP contribution is -2.51. The summed E-state index contributed by atoms with van der Waals surface area (Å²) in [6.45, 7) is 2.98. The average Bonchev–Trinajstić information content (AvgIpc) is 2.89. The normalized spacial score (nSPS) is 12.1. The number of carbonyl (C=O) groups excluding carboxylic acids is 2. The molecule has 2 amide bonds. The zero-order valence-electron chi connectivity index (χ0n) is 20.5. The second-order valence-electron chi connectivity index (χ2n) is 8.26. The average molecular weight is 617 g/mol. The van der Waals surface area contributed by atoms with Crippen LogP contribution in [-0.4, -0.2) is 44.3 Å². The Morgan fingerprint density at radius 2 is 1.55 bits per heavy atom. The van der Waals surface area contributed by atoms with Gasteiger partial charge in [-0.2, -0.15) is 0 Å². The highest BCUT2D eigenvalue weighted by Crippen LogP contribution is 2.33. The molecule has 0 spiro atoms. The van der Waals surface area contributed by atoms with Crippen LogP contribution in [-0.2, 0) is 26.2 Å². The van der Waals surface area contributed by atoms with E-state index in [2.05, 4.69) is 5.32 Å². The fraction of sp³-hybridized carbons (Fsp3) is 0.231. The molecule has 0 saturated carbocycles. The molecule has 202 valence electrons. The third-order valence-corrected chi connectivity index (χ3v) is 8.71. The zero-order valence-corrected chi connectivity index (χ0v) is 24.3. The molecule has 3 aromatic rings. The topological polar surface area (TPSA) is 86.8 Å². The first-order valence-corrected chi connectivity index (χ1v) is 14.4. The minimum Gasteiger partial charge on any atom is -0.355 e. The first-order valence-electron chi connectivity index (χ1n) is 11.5. The van der Waals surface area contributed by atoms with Gasteiger partial charge < -0.3 is 10.2 Å². The summed E-state index contributed by atoms with van der Waals surface area (Å²) in [6.07, 6.45) is 0. The van der Waals surface area contributed by atoms with Crippen molar-refractivity contribution in [2.45, 2.75) is 31.3 Å². The van der Waals surface area contributed by atoms with E-state index in [4.69, 9.17) is 46.4 Å². The molecule has 0 aromatic heterocycles. The monoisotopic (exact) mass is 615 g/mol. The van der Waals surface area contributed by atoms with E-state index in [0.29, 0.717) is 17.1 Å². The Hall–Kier alpha value is -2.49. The molecule has 1 N–H and O–H groups in total. The number of likely N-dealkylation sites (N-methyl/N-ethyl adjacent to an activating group) is 1. The highest BCUT2D eigenvalue weighted by molar-refractivity contribution is 7.92. The number of hydrogen-bond donors (Lipinski definition) is 1. The van der Waals surface area contributed by atoms with Gasteiger partial charge in [-0.05, 0) is 61.9 Å². The molecule has 0 radical (unpaired) electrons. The van der Waals surface area contributed by atoms with Gasteiger partial charge in [0.05, 0.1) is 25.7 Å². The molecular formula is C26H25Cl4N3O4S. The van der Waals surface area contributed by atoms with Crippen molar-refractivity contribution in [3.05, 3.63) is 92.4 Å². The van der Waals surface area contributed by atoms with Gasteiger partial charge in [-0.15, -0.1) is 0 Å². The Labute approximate surface area is 242 Å². The standard InChI is InChI=1S/C26H25Cl4N3O4S/c1-3-31-26(35)17(2)32(15-18-9-11-21(28)23(30)13-18)25(34)16-33(24-14-19(27)10-12-22(24)29)38(36,37)20-7-5-4-6-8-20/h4-14,17H,3,15-16H2,1-2H3,(H,31,35). The molecule has 12 heteroatoms. The number of sulfonamides is 1. The Balaban J connectivity index is 2.07. The van der Waals surface area contributed by atoms with Crippen molar-refractivity contribution in [3.63, 3.8) is 0 Å². The summed E-state index contributed by atoms with van der Waals surface area (Å²) in [5.41, 5.74) is 0.624. The minimum atomic E-state index is -4.26. The van der Waals surface area contributed by atoms with Gasteiger partial charge in [0, 0.05) is 18.1 Å². The Morgan fingerprint density at radius 1 is 0.895 bits per heavy atom. The van der Waals surface area contributed by atoms with Gasteiger partial charge >= 0.3 is 0 Å². The van der Waals surface area contributed by atoms with E-state index < -0.39 is 34.4 Å². The van der Waals surface area contributed by atoms with Crippen LogP contribution < -0.4 is 9.62 Å². The molecule has 1 unspecified atom stereocenters. The van der Waals surface area contributed by atoms with Crippen LogP contribution in [0.15, 0.2) is 71.6 Å². The van der Waals surface area contributed by atoms with Gasteiger partial charge in [0.15, 0.2) is 0 Å². The first-order chi connectivity index (χ1) is 17.9. The van der Waals surface area contributed by atoms with E-state index in [-0.39, 0.29) is 32.2 Å². The van der Waals surface area contributed by atoms with Crippen LogP contribution in [0.1, 0.15) is 19.4 Å². The van der Waals surface area contributed by atoms with Crippen molar-refractivity contribution in [1.29, 1.82) is 0 Å². The number of carbonyl (C=O) groups is 2. The Morgan fingerprint density at radius 3 is 2.18 bits per heavy atom. The van der Waals surface area contributed by atoms with E-state index in [1.54, 1.807) is 50.2 Å². The number of amides is 2. The fourth-order valence-corrected chi connectivity index (χ4v) is 5.85. The number of anilines is 1. The molecule has 0 saturated heterocycles. The van der Waals surface area contributed by atoms with E-state index in [1.807, 2.05) is 0 Å². The molecule has 0 aliphatic rings. The number of halogens is 4. The maximum absolute atomic E-state index is 13.8. The molecule has 3 rings (SSSR count). The van der Waals surface area contributed by atoms with E-state index >= 15 is 0 Å². The quantitative estimate of drug-likeness (QED) is 0.300. The summed E-state index contributed by atoms with van der Waals surface area (Å²) in [5.74, 6) is -1.05. The van der Waals surface area contributed by atoms with Crippen LogP contribution in [0.5, 0.6) is 0 Å². The first kappa shape index (κ1) is 30.1. The third-order valence-electron chi connectivity index (χ3n) is 5.64. The number of hydrogen-bond acceptors (Lipinski definition) is 4. The molecule has 3 aromatic carbocycles. The molecule has 1 atom stereocenters. The molecule has 0 bridgehead atoms. The highest BCUT2D eigenvalue weighted by Gasteiger charge is 2.33. The van der Waals surface area contributed by atoms with E-state index in [0.717, 1.165) is 4.31 Å². The molecule has 7 nitrogen and oxygen atoms in total. The Kier molecular flexibility index (Phi) is 10.3. The number of benzene rings is 3. The van der Waals surface area contributed by atoms with Crippen LogP contribution >= 0.6 is 46.4 Å². The molecule has 0 aliphatic heterocycles. The van der Waals surface area contributed by atoms with E-state index in [1.165, 1.54) is 35.2 Å². The van der Waals surface area contributed by atoms with Crippen LogP contribution in [0.4, 0.5) is 5.69 Å². The summed E-state index contributed by atoms with van der Waals surface area (Å²) in [6, 6.07) is 15.9. The lowest BCUT2D eigenvalue weighted by atomic mass is 10.1. The molecule has 0 fully saturated rings. The predicted octanol–water partition coefficient (Wildman–Crippen LogP) is 6.05. The SMILES string of the molecule is CCNC(=O)C(C)N(Cc1ccc(Cl)c(Cl)c1)C(=O)CN(c1cc(Cl)ccc1Cl)S(=O)(=O)c1ccccc1. The van der Waals surface area contributed by atoms with E-state index in [9.17, 15) is 18.0 Å². The minimum absolute atomic E-state index is 0.0246. The highest BCUT2D eigenvalue weighted by atomic mass is 35.5. The summed E-state index contributed by atoms with van der Waals surface area (Å²) >= 11 is 24.7. The second kappa shape index (κ2) is 13.0. The number of nitrogens with one attached hydrogen (secondary N) is 1. The van der Waals surface area contributed by atoms with Crippen molar-refractivity contribution in [2.24, 2.45) is 0 Å². The Bertz CT molecular complexity index is 1420.